The van der Waals surface area contributed by atoms with Gasteiger partial charge in [0.25, 0.3) is 0 Å². The first-order chi connectivity index (χ1) is 6.76. The summed E-state index contributed by atoms with van der Waals surface area (Å²) in [5, 5.41) is 7.35. The minimum absolute atomic E-state index is 0.615. The van der Waals surface area contributed by atoms with E-state index in [-0.39, 0.29) is 0 Å². The molecule has 1 saturated carbocycles. The number of nitrogens with one attached hydrogen (secondary N) is 2. The third kappa shape index (κ3) is 3.82. The van der Waals surface area contributed by atoms with E-state index in [0.717, 1.165) is 17.6 Å². The van der Waals surface area contributed by atoms with E-state index < -0.39 is 0 Å². The minimum atomic E-state index is 0.615. The Bertz CT molecular complexity index is 174. The van der Waals surface area contributed by atoms with Crippen molar-refractivity contribution in [3.63, 3.8) is 0 Å². The molecule has 3 heteroatoms. The summed E-state index contributed by atoms with van der Waals surface area (Å²) in [6.07, 6.45) is 6.63. The normalized spacial score (nSPS) is 27.0. The molecule has 1 rings (SSSR count). The van der Waals surface area contributed by atoms with Crippen LogP contribution in [0, 0.1) is 5.92 Å². The average molecular weight is 214 g/mol. The van der Waals surface area contributed by atoms with E-state index >= 15 is 0 Å². The van der Waals surface area contributed by atoms with Gasteiger partial charge in [0.2, 0.25) is 0 Å². The van der Waals surface area contributed by atoms with Crippen molar-refractivity contribution < 1.29 is 0 Å². The smallest absolute Gasteiger partial charge is 0.166 e. The third-order valence-corrected chi connectivity index (χ3v) is 3.36. The molecule has 0 aromatic carbocycles. The first kappa shape index (κ1) is 11.8. The van der Waals surface area contributed by atoms with Crippen LogP contribution in [-0.4, -0.2) is 17.7 Å². The second kappa shape index (κ2) is 6.23. The van der Waals surface area contributed by atoms with Crippen molar-refractivity contribution in [3.8, 4) is 0 Å². The highest BCUT2D eigenvalue weighted by Crippen LogP contribution is 2.26. The van der Waals surface area contributed by atoms with Gasteiger partial charge in [-0.2, -0.15) is 0 Å². The highest BCUT2D eigenvalue weighted by Gasteiger charge is 2.19. The predicted octanol–water partition coefficient (Wildman–Crippen LogP) is 2.44. The Labute approximate surface area is 92.8 Å². The zero-order valence-electron chi connectivity index (χ0n) is 9.31. The maximum Gasteiger partial charge on any atom is 0.166 e. The molecule has 0 radical (unpaired) electrons. The number of thiocarbonyl (C=S) groups is 1. The Hall–Kier alpha value is -0.310. The Morgan fingerprint density at radius 3 is 2.36 bits per heavy atom. The molecule has 0 amide bonds. The molecule has 1 fully saturated rings. The van der Waals surface area contributed by atoms with Gasteiger partial charge in [0, 0.05) is 12.6 Å². The summed E-state index contributed by atoms with van der Waals surface area (Å²) in [6, 6.07) is 0.615. The van der Waals surface area contributed by atoms with Crippen molar-refractivity contribution in [2.75, 3.05) is 6.54 Å². The molecular formula is C11H22N2S. The molecule has 0 heterocycles. The zero-order valence-corrected chi connectivity index (χ0v) is 10.1. The fourth-order valence-corrected chi connectivity index (χ4v) is 2.42. The van der Waals surface area contributed by atoms with E-state index in [2.05, 4.69) is 24.5 Å². The lowest BCUT2D eigenvalue weighted by Gasteiger charge is -2.29. The highest BCUT2D eigenvalue weighted by atomic mass is 32.1. The van der Waals surface area contributed by atoms with E-state index in [1.165, 1.54) is 32.1 Å². The van der Waals surface area contributed by atoms with E-state index in [1.807, 2.05) is 0 Å². The van der Waals surface area contributed by atoms with E-state index in [9.17, 15) is 0 Å². The van der Waals surface area contributed by atoms with Crippen LogP contribution in [0.2, 0.25) is 0 Å². The molecular weight excluding hydrogens is 192 g/mol. The van der Waals surface area contributed by atoms with E-state index in [1.54, 1.807) is 0 Å². The van der Waals surface area contributed by atoms with Gasteiger partial charge in [0.1, 0.15) is 0 Å². The Balaban J connectivity index is 2.18. The molecule has 0 atom stereocenters. The molecule has 1 aliphatic carbocycles. The van der Waals surface area contributed by atoms with Gasteiger partial charge < -0.3 is 10.6 Å². The van der Waals surface area contributed by atoms with Crippen molar-refractivity contribution in [3.05, 3.63) is 0 Å². The van der Waals surface area contributed by atoms with Crippen molar-refractivity contribution >= 4 is 17.3 Å². The maximum absolute atomic E-state index is 5.17. The van der Waals surface area contributed by atoms with Gasteiger partial charge in [-0.3, -0.25) is 0 Å². The van der Waals surface area contributed by atoms with Crippen LogP contribution in [0.25, 0.3) is 0 Å². The summed E-state index contributed by atoms with van der Waals surface area (Å²) in [5.74, 6) is 0.959. The quantitative estimate of drug-likeness (QED) is 0.706. The fraction of sp³-hybridized carbons (Fsp3) is 0.909. The summed E-state index contributed by atoms with van der Waals surface area (Å²) in [5.41, 5.74) is 0. The summed E-state index contributed by atoms with van der Waals surface area (Å²) < 4.78 is 0. The Morgan fingerprint density at radius 2 is 1.86 bits per heavy atom. The van der Waals surface area contributed by atoms with Crippen LogP contribution in [0.5, 0.6) is 0 Å². The standard InChI is InChI=1S/C11H22N2S/c1-3-9-5-7-10(8-6-9)13-11(14)12-4-2/h9-10H,3-8H2,1-2H3,(H2,12,13,14). The number of hydrogen-bond donors (Lipinski definition) is 2. The molecule has 0 bridgehead atoms. The first-order valence-electron chi connectivity index (χ1n) is 5.80. The average Bonchev–Trinajstić information content (AvgIpc) is 2.19. The van der Waals surface area contributed by atoms with Crippen LogP contribution in [0.4, 0.5) is 0 Å². The predicted molar refractivity (Wildman–Crippen MR) is 65.4 cm³/mol. The Kier molecular flexibility index (Phi) is 5.23. The molecule has 0 aliphatic heterocycles. The topological polar surface area (TPSA) is 24.1 Å². The molecule has 0 aromatic rings. The summed E-state index contributed by atoms with van der Waals surface area (Å²) in [6.45, 7) is 5.28. The van der Waals surface area contributed by atoms with Crippen LogP contribution in [0.3, 0.4) is 0 Å². The summed E-state index contributed by atoms with van der Waals surface area (Å²) in [7, 11) is 0. The monoisotopic (exact) mass is 214 g/mol. The van der Waals surface area contributed by atoms with Crippen molar-refractivity contribution in [1.29, 1.82) is 0 Å². The lowest BCUT2D eigenvalue weighted by atomic mass is 9.85. The highest BCUT2D eigenvalue weighted by molar-refractivity contribution is 7.80. The third-order valence-electron chi connectivity index (χ3n) is 3.10. The van der Waals surface area contributed by atoms with Gasteiger partial charge in [-0.05, 0) is 50.7 Å². The first-order valence-corrected chi connectivity index (χ1v) is 6.21. The van der Waals surface area contributed by atoms with Crippen LogP contribution < -0.4 is 10.6 Å². The lowest BCUT2D eigenvalue weighted by Crippen LogP contribution is -2.43. The van der Waals surface area contributed by atoms with Crippen molar-refractivity contribution in [1.82, 2.24) is 10.6 Å². The van der Waals surface area contributed by atoms with Gasteiger partial charge in [-0.15, -0.1) is 0 Å². The maximum atomic E-state index is 5.17. The summed E-state index contributed by atoms with van der Waals surface area (Å²) in [4.78, 5) is 0. The summed E-state index contributed by atoms with van der Waals surface area (Å²) >= 11 is 5.17. The van der Waals surface area contributed by atoms with Crippen molar-refractivity contribution in [2.24, 2.45) is 5.92 Å². The van der Waals surface area contributed by atoms with Crippen molar-refractivity contribution in [2.45, 2.75) is 52.0 Å². The lowest BCUT2D eigenvalue weighted by molar-refractivity contribution is 0.305. The largest absolute Gasteiger partial charge is 0.363 e. The molecule has 0 aromatic heterocycles. The van der Waals surface area contributed by atoms with Gasteiger partial charge >= 0.3 is 0 Å². The molecule has 82 valence electrons. The minimum Gasteiger partial charge on any atom is -0.363 e. The number of hydrogen-bond acceptors (Lipinski definition) is 1. The fourth-order valence-electron chi connectivity index (χ4n) is 2.11. The van der Waals surface area contributed by atoms with E-state index in [4.69, 9.17) is 12.2 Å². The zero-order chi connectivity index (χ0) is 10.4. The van der Waals surface area contributed by atoms with Gasteiger partial charge in [-0.1, -0.05) is 13.3 Å². The SMILES string of the molecule is CCNC(=S)NC1CCC(CC)CC1. The van der Waals surface area contributed by atoms with Crippen LogP contribution >= 0.6 is 12.2 Å². The van der Waals surface area contributed by atoms with Gasteiger partial charge in [0.05, 0.1) is 0 Å². The molecule has 0 saturated heterocycles. The van der Waals surface area contributed by atoms with Crippen LogP contribution in [-0.2, 0) is 0 Å². The van der Waals surface area contributed by atoms with Crippen LogP contribution in [0.15, 0.2) is 0 Å². The van der Waals surface area contributed by atoms with E-state index in [0.29, 0.717) is 6.04 Å². The second-order valence-corrected chi connectivity index (χ2v) is 4.54. The van der Waals surface area contributed by atoms with Crippen LogP contribution in [0.1, 0.15) is 46.0 Å². The molecule has 2 nitrogen and oxygen atoms in total. The number of rotatable bonds is 3. The second-order valence-electron chi connectivity index (χ2n) is 4.13. The molecule has 1 aliphatic rings. The molecule has 0 spiro atoms. The molecule has 0 unspecified atom stereocenters. The Morgan fingerprint density at radius 1 is 1.21 bits per heavy atom. The van der Waals surface area contributed by atoms with Gasteiger partial charge in [0.15, 0.2) is 5.11 Å². The van der Waals surface area contributed by atoms with Gasteiger partial charge in [-0.25, -0.2) is 0 Å². The molecule has 2 N–H and O–H groups in total. The molecule has 14 heavy (non-hydrogen) atoms.